The maximum Gasteiger partial charge on any atom is 0.266 e. The first-order valence-corrected chi connectivity index (χ1v) is 11.9. The predicted molar refractivity (Wildman–Crippen MR) is 140 cm³/mol. The number of carbonyl (C=O) groups excluding carboxylic acids is 1. The number of carbonyl (C=O) groups is 1. The van der Waals surface area contributed by atoms with Gasteiger partial charge in [-0.2, -0.15) is 0 Å². The van der Waals surface area contributed by atoms with Gasteiger partial charge in [0.1, 0.15) is 11.6 Å². The summed E-state index contributed by atoms with van der Waals surface area (Å²) < 4.78 is 7.13. The second-order valence-electron chi connectivity index (χ2n) is 8.20. The molecule has 0 aliphatic carbocycles. The van der Waals surface area contributed by atoms with Gasteiger partial charge >= 0.3 is 0 Å². The molecule has 0 radical (unpaired) electrons. The Morgan fingerprint density at radius 2 is 1.83 bits per heavy atom. The van der Waals surface area contributed by atoms with Crippen LogP contribution in [0.15, 0.2) is 65.5 Å². The summed E-state index contributed by atoms with van der Waals surface area (Å²) in [4.78, 5) is 33.8. The number of para-hydroxylation sites is 1. The number of benzene rings is 3. The van der Waals surface area contributed by atoms with Crippen LogP contribution in [0.4, 0.5) is 0 Å². The van der Waals surface area contributed by atoms with Gasteiger partial charge in [-0.25, -0.2) is 4.98 Å². The third kappa shape index (κ3) is 4.64. The molecule has 4 aromatic rings. The summed E-state index contributed by atoms with van der Waals surface area (Å²) in [5, 5.41) is 1.15. The highest BCUT2D eigenvalue weighted by atomic mass is 35.5. The van der Waals surface area contributed by atoms with Gasteiger partial charge in [-0.3, -0.25) is 14.2 Å². The molecule has 0 fully saturated rings. The third-order valence-electron chi connectivity index (χ3n) is 5.99. The Morgan fingerprint density at radius 1 is 1.09 bits per heavy atom. The summed E-state index contributed by atoms with van der Waals surface area (Å²) in [6.45, 7) is 6.06. The molecule has 4 rings (SSSR count). The summed E-state index contributed by atoms with van der Waals surface area (Å²) in [5.74, 6) is 0.707. The van der Waals surface area contributed by atoms with Gasteiger partial charge in [0.15, 0.2) is 0 Å². The number of ether oxygens (including phenoxy) is 1. The Hall–Kier alpha value is -3.35. The Balaban J connectivity index is 1.94. The maximum absolute atomic E-state index is 13.8. The van der Waals surface area contributed by atoms with Crippen molar-refractivity contribution in [1.29, 1.82) is 0 Å². The zero-order valence-corrected chi connectivity index (χ0v) is 21.4. The van der Waals surface area contributed by atoms with E-state index in [1.54, 1.807) is 53.0 Å². The van der Waals surface area contributed by atoms with Gasteiger partial charge < -0.3 is 9.64 Å². The van der Waals surface area contributed by atoms with E-state index in [-0.39, 0.29) is 11.5 Å². The van der Waals surface area contributed by atoms with Crippen molar-refractivity contribution >= 4 is 40.0 Å². The minimum absolute atomic E-state index is 0.237. The number of methoxy groups -OCH3 is 1. The Bertz CT molecular complexity index is 1480. The molecule has 0 aliphatic heterocycles. The van der Waals surface area contributed by atoms with E-state index in [1.165, 1.54) is 0 Å². The number of hydrogen-bond donors (Lipinski definition) is 0. The molecule has 1 unspecified atom stereocenters. The molecule has 0 saturated carbocycles. The lowest BCUT2D eigenvalue weighted by Crippen LogP contribution is -2.37. The van der Waals surface area contributed by atoms with Gasteiger partial charge in [0.2, 0.25) is 0 Å². The summed E-state index contributed by atoms with van der Waals surface area (Å²) >= 11 is 12.2. The van der Waals surface area contributed by atoms with Crippen molar-refractivity contribution in [2.24, 2.45) is 0 Å². The Kier molecular flexibility index (Phi) is 7.15. The van der Waals surface area contributed by atoms with Crippen LogP contribution in [0.2, 0.25) is 10.0 Å². The van der Waals surface area contributed by atoms with Gasteiger partial charge in [0, 0.05) is 12.1 Å². The number of halogens is 2. The quantitative estimate of drug-likeness (QED) is 0.308. The van der Waals surface area contributed by atoms with Crippen molar-refractivity contribution in [3.8, 4) is 11.4 Å². The summed E-state index contributed by atoms with van der Waals surface area (Å²) in [6, 6.07) is 17.0. The van der Waals surface area contributed by atoms with Crippen LogP contribution in [0, 0.1) is 6.92 Å². The number of fused-ring (bicyclic) bond motifs is 1. The minimum atomic E-state index is -0.551. The van der Waals surface area contributed by atoms with Crippen LogP contribution in [0.3, 0.4) is 0 Å². The monoisotopic (exact) mass is 509 g/mol. The van der Waals surface area contributed by atoms with Crippen molar-refractivity contribution in [1.82, 2.24) is 14.5 Å². The van der Waals surface area contributed by atoms with Crippen molar-refractivity contribution in [3.05, 3.63) is 98.0 Å². The highest BCUT2D eigenvalue weighted by Gasteiger charge is 2.28. The number of aromatic nitrogens is 2. The van der Waals surface area contributed by atoms with Gasteiger partial charge in [0.25, 0.3) is 11.5 Å². The van der Waals surface area contributed by atoms with Crippen molar-refractivity contribution in [2.45, 2.75) is 26.8 Å². The molecule has 35 heavy (non-hydrogen) atoms. The summed E-state index contributed by atoms with van der Waals surface area (Å²) in [7, 11) is 1.56. The van der Waals surface area contributed by atoms with Crippen LogP contribution >= 0.6 is 23.2 Å². The Morgan fingerprint density at radius 3 is 2.51 bits per heavy atom. The lowest BCUT2D eigenvalue weighted by molar-refractivity contribution is 0.0693. The smallest absolute Gasteiger partial charge is 0.266 e. The maximum atomic E-state index is 13.8. The fourth-order valence-corrected chi connectivity index (χ4v) is 4.46. The van der Waals surface area contributed by atoms with Gasteiger partial charge in [-0.1, -0.05) is 41.4 Å². The largest absolute Gasteiger partial charge is 0.495 e. The van der Waals surface area contributed by atoms with Crippen LogP contribution in [0.1, 0.15) is 41.6 Å². The van der Waals surface area contributed by atoms with Gasteiger partial charge in [-0.15, -0.1) is 0 Å². The molecular weight excluding hydrogens is 485 g/mol. The lowest BCUT2D eigenvalue weighted by atomic mass is 10.1. The molecular formula is C27H25Cl2N3O3. The first kappa shape index (κ1) is 24.8. The molecule has 1 heterocycles. The fourth-order valence-electron chi connectivity index (χ4n) is 4.17. The van der Waals surface area contributed by atoms with E-state index in [9.17, 15) is 9.59 Å². The van der Waals surface area contributed by atoms with Crippen LogP contribution in [0.5, 0.6) is 5.75 Å². The number of amides is 1. The van der Waals surface area contributed by atoms with Crippen LogP contribution in [-0.4, -0.2) is 34.0 Å². The molecule has 3 aromatic carbocycles. The normalized spacial score (nSPS) is 11.9. The van der Waals surface area contributed by atoms with Gasteiger partial charge in [-0.05, 0) is 68.8 Å². The second-order valence-corrected chi connectivity index (χ2v) is 9.01. The topological polar surface area (TPSA) is 64.4 Å². The Labute approximate surface area is 213 Å². The molecule has 1 amide bonds. The van der Waals surface area contributed by atoms with E-state index >= 15 is 0 Å². The fraction of sp³-hybridized carbons (Fsp3) is 0.222. The molecule has 0 spiro atoms. The van der Waals surface area contributed by atoms with Crippen molar-refractivity contribution in [2.75, 3.05) is 13.7 Å². The predicted octanol–water partition coefficient (Wildman–Crippen LogP) is 6.23. The van der Waals surface area contributed by atoms with Crippen molar-refractivity contribution < 1.29 is 9.53 Å². The minimum Gasteiger partial charge on any atom is -0.495 e. The molecule has 0 bridgehead atoms. The third-order valence-corrected chi connectivity index (χ3v) is 6.73. The molecule has 0 N–H and O–H groups in total. The number of rotatable bonds is 6. The van der Waals surface area contributed by atoms with Crippen LogP contribution in [0.25, 0.3) is 16.6 Å². The lowest BCUT2D eigenvalue weighted by Gasteiger charge is -2.30. The highest BCUT2D eigenvalue weighted by Crippen LogP contribution is 2.30. The standard InChI is InChI=1S/C27H25Cl2N3O3/c1-5-31(26(33)18-11-12-20(28)21(29)15-18)17(3)25-30-22-9-7-6-8-19(22)27(34)32(25)23-14-16(2)10-13-24(23)35-4/h6-15,17H,5H2,1-4H3. The molecule has 0 saturated heterocycles. The van der Waals surface area contributed by atoms with E-state index in [0.29, 0.717) is 50.3 Å². The number of hydrogen-bond acceptors (Lipinski definition) is 4. The van der Waals surface area contributed by atoms with E-state index in [4.69, 9.17) is 32.9 Å². The number of nitrogens with zero attached hydrogens (tertiary/aromatic N) is 3. The first-order valence-electron chi connectivity index (χ1n) is 11.2. The number of aryl methyl sites for hydroxylation is 1. The molecule has 0 aliphatic rings. The van der Waals surface area contributed by atoms with E-state index in [2.05, 4.69) is 0 Å². The summed E-state index contributed by atoms with van der Waals surface area (Å²) in [6.07, 6.45) is 0. The molecule has 180 valence electrons. The van der Waals surface area contributed by atoms with E-state index < -0.39 is 6.04 Å². The van der Waals surface area contributed by atoms with Crippen LogP contribution in [-0.2, 0) is 0 Å². The van der Waals surface area contributed by atoms with Gasteiger partial charge in [0.05, 0.1) is 39.8 Å². The first-order chi connectivity index (χ1) is 16.8. The average molecular weight is 510 g/mol. The zero-order valence-electron chi connectivity index (χ0n) is 19.9. The molecule has 6 nitrogen and oxygen atoms in total. The van der Waals surface area contributed by atoms with E-state index in [0.717, 1.165) is 5.56 Å². The average Bonchev–Trinajstić information content (AvgIpc) is 2.86. The van der Waals surface area contributed by atoms with Crippen LogP contribution < -0.4 is 10.3 Å². The molecule has 8 heteroatoms. The van der Waals surface area contributed by atoms with E-state index in [1.807, 2.05) is 45.0 Å². The molecule has 1 atom stereocenters. The zero-order chi connectivity index (χ0) is 25.3. The highest BCUT2D eigenvalue weighted by molar-refractivity contribution is 6.42. The summed E-state index contributed by atoms with van der Waals surface area (Å²) in [5.41, 5.74) is 2.24. The molecule has 1 aromatic heterocycles. The van der Waals surface area contributed by atoms with Crippen molar-refractivity contribution in [3.63, 3.8) is 0 Å². The SMILES string of the molecule is CCN(C(=O)c1ccc(Cl)c(Cl)c1)C(C)c1nc2ccccc2c(=O)n1-c1cc(C)ccc1OC. The second kappa shape index (κ2) is 10.1.